The summed E-state index contributed by atoms with van der Waals surface area (Å²) in [5.74, 6) is 0. The van der Waals surface area contributed by atoms with E-state index in [1.807, 2.05) is 37.4 Å². The van der Waals surface area contributed by atoms with Crippen LogP contribution in [0.2, 0.25) is 0 Å². The first-order chi connectivity index (χ1) is 11.8. The van der Waals surface area contributed by atoms with Crippen molar-refractivity contribution in [3.8, 4) is 11.3 Å². The number of hydrogen-bond acceptors (Lipinski definition) is 3. The van der Waals surface area contributed by atoms with Gasteiger partial charge in [-0.05, 0) is 49.8 Å². The first-order valence-corrected chi connectivity index (χ1v) is 9.64. The minimum absolute atomic E-state index is 0.946. The molecule has 0 bridgehead atoms. The molecule has 0 aliphatic rings. The van der Waals surface area contributed by atoms with Crippen molar-refractivity contribution in [3.05, 3.63) is 69.3 Å². The van der Waals surface area contributed by atoms with Gasteiger partial charge in [0.1, 0.15) is 0 Å². The van der Waals surface area contributed by atoms with Gasteiger partial charge in [0, 0.05) is 16.4 Å². The van der Waals surface area contributed by atoms with Crippen molar-refractivity contribution in [2.45, 2.75) is 13.0 Å². The zero-order chi connectivity index (χ0) is 16.8. The van der Waals surface area contributed by atoms with Crippen molar-refractivity contribution in [1.29, 1.82) is 0 Å². The van der Waals surface area contributed by atoms with E-state index in [-0.39, 0.29) is 0 Å². The van der Waals surface area contributed by atoms with E-state index in [1.165, 1.54) is 11.3 Å². The molecule has 1 heterocycles. The average molecular weight is 402 g/mol. The van der Waals surface area contributed by atoms with Crippen LogP contribution in [0.25, 0.3) is 11.3 Å². The first-order valence-electron chi connectivity index (χ1n) is 7.96. The van der Waals surface area contributed by atoms with Crippen LogP contribution >= 0.6 is 27.3 Å². The lowest BCUT2D eigenvalue weighted by Gasteiger charge is -2.09. The van der Waals surface area contributed by atoms with Gasteiger partial charge in [-0.3, -0.25) is 0 Å². The van der Waals surface area contributed by atoms with Crippen molar-refractivity contribution in [2.75, 3.05) is 13.6 Å². The zero-order valence-electron chi connectivity index (χ0n) is 13.6. The highest BCUT2D eigenvalue weighted by molar-refractivity contribution is 9.10. The minimum atomic E-state index is 0.946. The van der Waals surface area contributed by atoms with Crippen molar-refractivity contribution in [1.82, 2.24) is 9.88 Å². The predicted molar refractivity (Wildman–Crippen MR) is 106 cm³/mol. The van der Waals surface area contributed by atoms with Crippen molar-refractivity contribution >= 4 is 33.0 Å². The maximum Gasteiger partial charge on any atom is 0.190 e. The molecule has 24 heavy (non-hydrogen) atoms. The Labute approximate surface area is 154 Å². The van der Waals surface area contributed by atoms with Gasteiger partial charge in [-0.15, -0.1) is 11.3 Å². The molecule has 0 saturated carbocycles. The molecule has 2 aromatic carbocycles. The Morgan fingerprint density at radius 1 is 1.08 bits per heavy atom. The van der Waals surface area contributed by atoms with Crippen LogP contribution in [0.4, 0.5) is 5.69 Å². The fraction of sp³-hybridized carbons (Fsp3) is 0.211. The lowest BCUT2D eigenvalue weighted by atomic mass is 10.2. The molecule has 0 unspecified atom stereocenters. The van der Waals surface area contributed by atoms with E-state index in [0.717, 1.165) is 34.5 Å². The normalized spacial score (nSPS) is 11.8. The molecule has 124 valence electrons. The van der Waals surface area contributed by atoms with Crippen molar-refractivity contribution < 1.29 is 0 Å². The van der Waals surface area contributed by atoms with Crippen LogP contribution in [0, 0.1) is 0 Å². The summed E-state index contributed by atoms with van der Waals surface area (Å²) in [6, 6.07) is 18.6. The lowest BCUT2D eigenvalue weighted by molar-refractivity contribution is 0.606. The second-order valence-electron chi connectivity index (χ2n) is 5.47. The molecule has 0 aliphatic carbocycles. The minimum Gasteiger partial charge on any atom is -0.320 e. The maximum atomic E-state index is 4.84. The van der Waals surface area contributed by atoms with E-state index in [2.05, 4.69) is 55.5 Å². The van der Waals surface area contributed by atoms with E-state index in [9.17, 15) is 0 Å². The molecule has 0 aliphatic heterocycles. The summed E-state index contributed by atoms with van der Waals surface area (Å²) in [7, 11) is 1.99. The fourth-order valence-electron chi connectivity index (χ4n) is 2.51. The summed E-state index contributed by atoms with van der Waals surface area (Å²) in [4.78, 5) is 5.87. The predicted octanol–water partition coefficient (Wildman–Crippen LogP) is 4.82. The maximum absolute atomic E-state index is 4.84. The molecule has 0 saturated heterocycles. The highest BCUT2D eigenvalue weighted by atomic mass is 79.9. The number of aromatic nitrogens is 1. The van der Waals surface area contributed by atoms with E-state index in [1.54, 1.807) is 11.3 Å². The summed E-state index contributed by atoms with van der Waals surface area (Å²) >= 11 is 5.20. The molecule has 0 amide bonds. The molecule has 3 nitrogen and oxygen atoms in total. The number of thiazole rings is 1. The van der Waals surface area contributed by atoms with Crippen LogP contribution < -0.4 is 10.1 Å². The van der Waals surface area contributed by atoms with Crippen molar-refractivity contribution in [2.24, 2.45) is 4.99 Å². The number of benzene rings is 2. The smallest absolute Gasteiger partial charge is 0.190 e. The van der Waals surface area contributed by atoms with Gasteiger partial charge in [0.2, 0.25) is 0 Å². The van der Waals surface area contributed by atoms with E-state index >= 15 is 0 Å². The number of para-hydroxylation sites is 1. The molecular formula is C19H20BrN3S. The average Bonchev–Trinajstić information content (AvgIpc) is 2.99. The topological polar surface area (TPSA) is 29.3 Å². The fourth-order valence-corrected chi connectivity index (χ4v) is 3.73. The number of halogens is 1. The van der Waals surface area contributed by atoms with Gasteiger partial charge in [-0.25, -0.2) is 4.99 Å². The molecule has 0 atom stereocenters. The SMILES string of the molecule is CNCCCn1c(-c2ccc(Br)cc2)csc1=Nc1ccccc1. The standard InChI is InChI=1S/C19H20BrN3S/c1-21-12-5-13-23-18(15-8-10-16(20)11-9-15)14-24-19(23)22-17-6-3-2-4-7-17/h2-4,6-11,14,21H,5,12-13H2,1H3. The second-order valence-corrected chi connectivity index (χ2v) is 7.22. The molecule has 5 heteroatoms. The summed E-state index contributed by atoms with van der Waals surface area (Å²) in [5, 5.41) is 5.42. The van der Waals surface area contributed by atoms with Crippen LogP contribution in [0.5, 0.6) is 0 Å². The Morgan fingerprint density at radius 2 is 1.83 bits per heavy atom. The van der Waals surface area contributed by atoms with Gasteiger partial charge in [0.15, 0.2) is 4.80 Å². The summed E-state index contributed by atoms with van der Waals surface area (Å²) in [6.45, 7) is 1.94. The monoisotopic (exact) mass is 401 g/mol. The Hall–Kier alpha value is -1.69. The number of nitrogens with zero attached hydrogens (tertiary/aromatic N) is 2. The molecule has 3 rings (SSSR count). The highest BCUT2D eigenvalue weighted by Gasteiger charge is 2.08. The lowest BCUT2D eigenvalue weighted by Crippen LogP contribution is -2.19. The molecule has 0 radical (unpaired) electrons. The summed E-state index contributed by atoms with van der Waals surface area (Å²) in [6.07, 6.45) is 1.07. The Kier molecular flexibility index (Phi) is 6.01. The first kappa shape index (κ1) is 17.1. The summed E-state index contributed by atoms with van der Waals surface area (Å²) < 4.78 is 3.41. The number of rotatable bonds is 6. The van der Waals surface area contributed by atoms with E-state index in [0.29, 0.717) is 0 Å². The third-order valence-electron chi connectivity index (χ3n) is 3.73. The Bertz CT molecular complexity index is 835. The van der Waals surface area contributed by atoms with E-state index < -0.39 is 0 Å². The molecule has 1 aromatic heterocycles. The van der Waals surface area contributed by atoms with Gasteiger partial charge in [-0.1, -0.05) is 46.3 Å². The van der Waals surface area contributed by atoms with Gasteiger partial charge in [-0.2, -0.15) is 0 Å². The van der Waals surface area contributed by atoms with Crippen LogP contribution in [0.3, 0.4) is 0 Å². The molecular weight excluding hydrogens is 382 g/mol. The van der Waals surface area contributed by atoms with Crippen LogP contribution in [0.15, 0.2) is 69.4 Å². The largest absolute Gasteiger partial charge is 0.320 e. The van der Waals surface area contributed by atoms with Gasteiger partial charge in [0.05, 0.1) is 11.4 Å². The zero-order valence-corrected chi connectivity index (χ0v) is 16.0. The summed E-state index contributed by atoms with van der Waals surface area (Å²) in [5.41, 5.74) is 3.43. The Morgan fingerprint density at radius 3 is 2.54 bits per heavy atom. The van der Waals surface area contributed by atoms with Crippen molar-refractivity contribution in [3.63, 3.8) is 0 Å². The molecule has 0 spiro atoms. The quantitative estimate of drug-likeness (QED) is 0.589. The van der Waals surface area contributed by atoms with Gasteiger partial charge < -0.3 is 9.88 Å². The molecule has 1 N–H and O–H groups in total. The van der Waals surface area contributed by atoms with Gasteiger partial charge >= 0.3 is 0 Å². The number of hydrogen-bond donors (Lipinski definition) is 1. The third kappa shape index (κ3) is 4.23. The van der Waals surface area contributed by atoms with Crippen LogP contribution in [-0.4, -0.2) is 18.2 Å². The van der Waals surface area contributed by atoms with E-state index in [4.69, 9.17) is 4.99 Å². The highest BCUT2D eigenvalue weighted by Crippen LogP contribution is 2.23. The van der Waals surface area contributed by atoms with Gasteiger partial charge in [0.25, 0.3) is 0 Å². The number of nitrogens with one attached hydrogen (secondary N) is 1. The molecule has 3 aromatic rings. The Balaban J connectivity index is 2.03. The van der Waals surface area contributed by atoms with Crippen LogP contribution in [0.1, 0.15) is 6.42 Å². The van der Waals surface area contributed by atoms with Crippen LogP contribution in [-0.2, 0) is 6.54 Å². The molecule has 0 fully saturated rings. The third-order valence-corrected chi connectivity index (χ3v) is 5.12. The second kappa shape index (κ2) is 8.42.